The van der Waals surface area contributed by atoms with E-state index < -0.39 is 0 Å². The first-order valence-corrected chi connectivity index (χ1v) is 13.2. The number of carbonyl (C=O) groups excluding carboxylic acids is 1. The van der Waals surface area contributed by atoms with Crippen LogP contribution in [-0.4, -0.2) is 5.78 Å². The van der Waals surface area contributed by atoms with Crippen LogP contribution in [0.2, 0.25) is 0 Å². The standard InChI is InChI=1S/C27H46O/c1-3-5-7-22-8-10-23(11-9-22)24-14-18-27(19-15-24)20-26(25(27)28)16-12-21(6-4-2)13-17-26/h21-24H,3-20H2,1-2H3/t21?,22?,23?,24-,26-,27-. The smallest absolute Gasteiger partial charge is 0.145 e. The van der Waals surface area contributed by atoms with Crippen molar-refractivity contribution in [3.63, 3.8) is 0 Å². The van der Waals surface area contributed by atoms with Crippen LogP contribution < -0.4 is 0 Å². The van der Waals surface area contributed by atoms with Gasteiger partial charge in [0.15, 0.2) is 0 Å². The van der Waals surface area contributed by atoms with E-state index in [-0.39, 0.29) is 10.8 Å². The Morgan fingerprint density at radius 1 is 0.679 bits per heavy atom. The third-order valence-corrected chi connectivity index (χ3v) is 9.91. The molecule has 2 spiro atoms. The molecule has 0 bridgehead atoms. The molecule has 0 aromatic heterocycles. The van der Waals surface area contributed by atoms with E-state index in [0.29, 0.717) is 0 Å². The van der Waals surface area contributed by atoms with E-state index in [4.69, 9.17) is 0 Å². The highest BCUT2D eigenvalue weighted by Gasteiger charge is 2.63. The highest BCUT2D eigenvalue weighted by molar-refractivity contribution is 5.96. The number of unbranched alkanes of at least 4 members (excludes halogenated alkanes) is 1. The van der Waals surface area contributed by atoms with Crippen LogP contribution in [0.4, 0.5) is 0 Å². The van der Waals surface area contributed by atoms with Crippen molar-refractivity contribution in [3.05, 3.63) is 0 Å². The fraction of sp³-hybridized carbons (Fsp3) is 0.963. The van der Waals surface area contributed by atoms with Crippen LogP contribution in [0, 0.1) is 34.5 Å². The van der Waals surface area contributed by atoms with Crippen molar-refractivity contribution in [1.29, 1.82) is 0 Å². The molecule has 4 rings (SSSR count). The quantitative estimate of drug-likeness (QED) is 0.450. The molecule has 0 heterocycles. The lowest BCUT2D eigenvalue weighted by atomic mass is 9.42. The second-order valence-corrected chi connectivity index (χ2v) is 11.6. The number of rotatable bonds is 6. The molecule has 0 radical (unpaired) electrons. The van der Waals surface area contributed by atoms with Crippen molar-refractivity contribution in [1.82, 2.24) is 0 Å². The van der Waals surface area contributed by atoms with Crippen LogP contribution in [0.5, 0.6) is 0 Å². The zero-order valence-electron chi connectivity index (χ0n) is 18.9. The number of ketones is 1. The van der Waals surface area contributed by atoms with Gasteiger partial charge >= 0.3 is 0 Å². The predicted molar refractivity (Wildman–Crippen MR) is 118 cm³/mol. The number of hydrogen-bond acceptors (Lipinski definition) is 1. The molecule has 0 aromatic carbocycles. The van der Waals surface area contributed by atoms with Gasteiger partial charge in [-0.2, -0.15) is 0 Å². The lowest BCUT2D eigenvalue weighted by molar-refractivity contribution is -0.169. The molecule has 4 aliphatic rings. The van der Waals surface area contributed by atoms with E-state index in [1.807, 2.05) is 0 Å². The fourth-order valence-electron chi connectivity index (χ4n) is 8.10. The first-order chi connectivity index (χ1) is 13.6. The van der Waals surface area contributed by atoms with Gasteiger partial charge < -0.3 is 0 Å². The molecular formula is C27H46O. The minimum atomic E-state index is 0.145. The number of Topliss-reactive ketones (excluding diaryl/α,β-unsaturated/α-hetero) is 1. The first-order valence-electron chi connectivity index (χ1n) is 13.2. The van der Waals surface area contributed by atoms with E-state index in [0.717, 1.165) is 29.5 Å². The summed E-state index contributed by atoms with van der Waals surface area (Å²) in [5, 5.41) is 0. The van der Waals surface area contributed by atoms with Crippen LogP contribution in [0.25, 0.3) is 0 Å². The van der Waals surface area contributed by atoms with Crippen molar-refractivity contribution < 1.29 is 4.79 Å². The Hall–Kier alpha value is -0.330. The largest absolute Gasteiger partial charge is 0.298 e. The van der Waals surface area contributed by atoms with E-state index in [9.17, 15) is 4.79 Å². The lowest BCUT2D eigenvalue weighted by Crippen LogP contribution is -2.59. The van der Waals surface area contributed by atoms with Gasteiger partial charge in [-0.1, -0.05) is 58.8 Å². The summed E-state index contributed by atoms with van der Waals surface area (Å²) in [6.07, 6.45) is 24.5. The molecule has 0 amide bonds. The van der Waals surface area contributed by atoms with Crippen molar-refractivity contribution in [2.24, 2.45) is 34.5 Å². The van der Waals surface area contributed by atoms with Gasteiger partial charge in [-0.05, 0) is 94.3 Å². The maximum atomic E-state index is 13.4. The van der Waals surface area contributed by atoms with Gasteiger partial charge in [0.2, 0.25) is 0 Å². The van der Waals surface area contributed by atoms with Crippen LogP contribution in [-0.2, 0) is 4.79 Å². The topological polar surface area (TPSA) is 17.1 Å². The normalized spacial score (nSPS) is 44.0. The average molecular weight is 387 g/mol. The molecular weight excluding hydrogens is 340 g/mol. The number of carbonyl (C=O) groups is 1. The Labute approximate surface area is 174 Å². The molecule has 28 heavy (non-hydrogen) atoms. The summed E-state index contributed by atoms with van der Waals surface area (Å²) < 4.78 is 0. The number of hydrogen-bond donors (Lipinski definition) is 0. The third-order valence-electron chi connectivity index (χ3n) is 9.91. The molecule has 0 N–H and O–H groups in total. The fourth-order valence-corrected chi connectivity index (χ4v) is 8.10. The van der Waals surface area contributed by atoms with Crippen molar-refractivity contribution in [2.45, 2.75) is 129 Å². The van der Waals surface area contributed by atoms with Crippen LogP contribution >= 0.6 is 0 Å². The second kappa shape index (κ2) is 8.81. The molecule has 0 aromatic rings. The van der Waals surface area contributed by atoms with E-state index >= 15 is 0 Å². The summed E-state index contributed by atoms with van der Waals surface area (Å²) in [5.74, 6) is 4.62. The highest BCUT2D eigenvalue weighted by atomic mass is 16.1. The summed E-state index contributed by atoms with van der Waals surface area (Å²) in [7, 11) is 0. The zero-order chi connectivity index (χ0) is 19.6. The summed E-state index contributed by atoms with van der Waals surface area (Å²) in [4.78, 5) is 13.4. The molecule has 0 aliphatic heterocycles. The average Bonchev–Trinajstić information content (AvgIpc) is 2.74. The Bertz CT molecular complexity index is 510. The summed E-state index contributed by atoms with van der Waals surface area (Å²) >= 11 is 0. The van der Waals surface area contributed by atoms with Gasteiger partial charge in [0.25, 0.3) is 0 Å². The summed E-state index contributed by atoms with van der Waals surface area (Å²) in [5.41, 5.74) is 0.292. The zero-order valence-corrected chi connectivity index (χ0v) is 18.9. The Balaban J connectivity index is 1.23. The van der Waals surface area contributed by atoms with Crippen molar-refractivity contribution in [3.8, 4) is 0 Å². The maximum absolute atomic E-state index is 13.4. The van der Waals surface area contributed by atoms with Crippen molar-refractivity contribution in [2.75, 3.05) is 0 Å². The summed E-state index contributed by atoms with van der Waals surface area (Å²) in [6, 6.07) is 0. The van der Waals surface area contributed by atoms with Gasteiger partial charge in [-0.3, -0.25) is 4.79 Å². The molecule has 1 nitrogen and oxygen atoms in total. The minimum absolute atomic E-state index is 0.145. The van der Waals surface area contributed by atoms with Gasteiger partial charge in [0.1, 0.15) is 5.78 Å². The van der Waals surface area contributed by atoms with Crippen LogP contribution in [0.15, 0.2) is 0 Å². The van der Waals surface area contributed by atoms with E-state index in [1.165, 1.54) is 116 Å². The third kappa shape index (κ3) is 3.98. The molecule has 4 fully saturated rings. The first kappa shape index (κ1) is 20.9. The van der Waals surface area contributed by atoms with Crippen LogP contribution in [0.1, 0.15) is 129 Å². The van der Waals surface area contributed by atoms with Gasteiger partial charge in [-0.15, -0.1) is 0 Å². The molecule has 1 heteroatoms. The van der Waals surface area contributed by atoms with Gasteiger partial charge in [0, 0.05) is 10.8 Å². The monoisotopic (exact) mass is 386 g/mol. The maximum Gasteiger partial charge on any atom is 0.145 e. The Kier molecular flexibility index (Phi) is 6.58. The SMILES string of the molecule is CCCCC1CCC([C@H]2CC[C@]3(CC2)C[C@@]2(CCC(CCC)CC2)C3=O)CC1. The highest BCUT2D eigenvalue weighted by Crippen LogP contribution is 2.64. The lowest BCUT2D eigenvalue weighted by Gasteiger charge is -2.59. The second-order valence-electron chi connectivity index (χ2n) is 11.6. The molecule has 0 atom stereocenters. The van der Waals surface area contributed by atoms with Gasteiger partial charge in [0.05, 0.1) is 0 Å². The molecule has 4 saturated carbocycles. The van der Waals surface area contributed by atoms with Crippen molar-refractivity contribution >= 4 is 5.78 Å². The Morgan fingerprint density at radius 3 is 1.75 bits per heavy atom. The molecule has 0 saturated heterocycles. The predicted octanol–water partition coefficient (Wildman–Crippen LogP) is 8.11. The molecule has 160 valence electrons. The molecule has 0 unspecified atom stereocenters. The molecule has 4 aliphatic carbocycles. The minimum Gasteiger partial charge on any atom is -0.298 e. The van der Waals surface area contributed by atoms with E-state index in [1.54, 1.807) is 0 Å². The summed E-state index contributed by atoms with van der Waals surface area (Å²) in [6.45, 7) is 4.64. The van der Waals surface area contributed by atoms with E-state index in [2.05, 4.69) is 13.8 Å². The van der Waals surface area contributed by atoms with Gasteiger partial charge in [-0.25, -0.2) is 0 Å². The van der Waals surface area contributed by atoms with Crippen LogP contribution in [0.3, 0.4) is 0 Å². The Morgan fingerprint density at radius 2 is 1.21 bits per heavy atom.